The Kier molecular flexibility index (Phi) is 2.66. The average molecular weight is 258 g/mol. The van der Waals surface area contributed by atoms with E-state index in [1.165, 1.54) is 0 Å². The molecule has 0 bridgehead atoms. The Bertz CT molecular complexity index is 781. The lowest BCUT2D eigenvalue weighted by Gasteiger charge is -2.04. The van der Waals surface area contributed by atoms with Gasteiger partial charge in [0.1, 0.15) is 12.7 Å². The van der Waals surface area contributed by atoms with Crippen LogP contribution in [0.25, 0.3) is 16.9 Å². The van der Waals surface area contributed by atoms with Crippen molar-refractivity contribution in [3.8, 4) is 5.69 Å². The first-order valence-electron chi connectivity index (χ1n) is 6.12. The standard InChI is InChI=1S/C12H14N6O/c1-3-4-17-7-13-11-10(12(17)19)18(8-14-11)9-5-15-16(2)6-9/h5-8H,3-4H2,1-2H3. The van der Waals surface area contributed by atoms with Crippen LogP contribution in [0, 0.1) is 0 Å². The molecule has 0 unspecified atom stereocenters. The zero-order chi connectivity index (χ0) is 13.4. The van der Waals surface area contributed by atoms with Gasteiger partial charge in [0.15, 0.2) is 11.2 Å². The van der Waals surface area contributed by atoms with E-state index in [9.17, 15) is 4.79 Å². The highest BCUT2D eigenvalue weighted by Gasteiger charge is 2.12. The highest BCUT2D eigenvalue weighted by Crippen LogP contribution is 2.12. The maximum atomic E-state index is 12.4. The fourth-order valence-electron chi connectivity index (χ4n) is 2.07. The molecule has 7 nitrogen and oxygen atoms in total. The lowest BCUT2D eigenvalue weighted by molar-refractivity contribution is 0.646. The molecule has 0 saturated carbocycles. The molecule has 19 heavy (non-hydrogen) atoms. The van der Waals surface area contributed by atoms with Gasteiger partial charge in [0.05, 0.1) is 11.9 Å². The van der Waals surface area contributed by atoms with Crippen LogP contribution < -0.4 is 5.56 Å². The van der Waals surface area contributed by atoms with Crippen LogP contribution in [0.4, 0.5) is 0 Å². The number of nitrogens with zero attached hydrogens (tertiary/aromatic N) is 6. The number of aryl methyl sites for hydroxylation is 2. The molecule has 0 saturated heterocycles. The van der Waals surface area contributed by atoms with Crippen molar-refractivity contribution < 1.29 is 0 Å². The third-order valence-electron chi connectivity index (χ3n) is 2.96. The van der Waals surface area contributed by atoms with Gasteiger partial charge in [-0.15, -0.1) is 0 Å². The van der Waals surface area contributed by atoms with Gasteiger partial charge in [0.2, 0.25) is 0 Å². The second kappa shape index (κ2) is 4.34. The van der Waals surface area contributed by atoms with E-state index in [1.807, 2.05) is 20.2 Å². The van der Waals surface area contributed by atoms with E-state index in [4.69, 9.17) is 0 Å². The van der Waals surface area contributed by atoms with Crippen LogP contribution in [0.3, 0.4) is 0 Å². The number of imidazole rings is 1. The third-order valence-corrected chi connectivity index (χ3v) is 2.96. The minimum atomic E-state index is -0.0757. The number of rotatable bonds is 3. The molecular formula is C12H14N6O. The first kappa shape index (κ1) is 11.6. The van der Waals surface area contributed by atoms with E-state index < -0.39 is 0 Å². The Balaban J connectivity index is 2.26. The fraction of sp³-hybridized carbons (Fsp3) is 0.333. The van der Waals surface area contributed by atoms with Gasteiger partial charge in [-0.3, -0.25) is 18.6 Å². The molecule has 0 aliphatic heterocycles. The van der Waals surface area contributed by atoms with E-state index in [2.05, 4.69) is 15.1 Å². The topological polar surface area (TPSA) is 70.5 Å². The van der Waals surface area contributed by atoms with Crippen LogP contribution in [0.2, 0.25) is 0 Å². The van der Waals surface area contributed by atoms with Crippen LogP contribution in [-0.2, 0) is 13.6 Å². The second-order valence-corrected chi connectivity index (χ2v) is 4.40. The highest BCUT2D eigenvalue weighted by molar-refractivity contribution is 5.71. The first-order valence-corrected chi connectivity index (χ1v) is 6.12. The van der Waals surface area contributed by atoms with Gasteiger partial charge < -0.3 is 0 Å². The minimum absolute atomic E-state index is 0.0757. The smallest absolute Gasteiger partial charge is 0.279 e. The van der Waals surface area contributed by atoms with Crippen molar-refractivity contribution in [2.75, 3.05) is 0 Å². The predicted molar refractivity (Wildman–Crippen MR) is 70.2 cm³/mol. The zero-order valence-corrected chi connectivity index (χ0v) is 10.8. The monoisotopic (exact) mass is 258 g/mol. The second-order valence-electron chi connectivity index (χ2n) is 4.40. The normalized spacial score (nSPS) is 11.3. The summed E-state index contributed by atoms with van der Waals surface area (Å²) in [5.41, 5.74) is 1.68. The summed E-state index contributed by atoms with van der Waals surface area (Å²) in [5.74, 6) is 0. The molecule has 7 heteroatoms. The molecule has 0 fully saturated rings. The van der Waals surface area contributed by atoms with Crippen LogP contribution in [0.5, 0.6) is 0 Å². The lowest BCUT2D eigenvalue weighted by Crippen LogP contribution is -2.22. The number of fused-ring (bicyclic) bond motifs is 1. The summed E-state index contributed by atoms with van der Waals surface area (Å²) in [6.45, 7) is 2.68. The van der Waals surface area contributed by atoms with E-state index in [-0.39, 0.29) is 5.56 Å². The van der Waals surface area contributed by atoms with Crippen LogP contribution >= 0.6 is 0 Å². The summed E-state index contributed by atoms with van der Waals surface area (Å²) in [7, 11) is 1.83. The predicted octanol–water partition coefficient (Wildman–Crippen LogP) is 0.726. The van der Waals surface area contributed by atoms with Crippen molar-refractivity contribution >= 4 is 11.2 Å². The molecule has 3 aromatic heterocycles. The van der Waals surface area contributed by atoms with E-state index >= 15 is 0 Å². The minimum Gasteiger partial charge on any atom is -0.297 e. The number of aromatic nitrogens is 6. The van der Waals surface area contributed by atoms with Gasteiger partial charge in [-0.25, -0.2) is 9.97 Å². The molecule has 0 aromatic carbocycles. The number of hydrogen-bond donors (Lipinski definition) is 0. The molecule has 3 heterocycles. The van der Waals surface area contributed by atoms with Gasteiger partial charge in [-0.1, -0.05) is 6.92 Å². The summed E-state index contributed by atoms with van der Waals surface area (Å²) in [5, 5.41) is 4.11. The molecular weight excluding hydrogens is 244 g/mol. The fourth-order valence-corrected chi connectivity index (χ4v) is 2.07. The quantitative estimate of drug-likeness (QED) is 0.694. The van der Waals surface area contributed by atoms with Crippen molar-refractivity contribution in [2.24, 2.45) is 7.05 Å². The molecule has 0 radical (unpaired) electrons. The summed E-state index contributed by atoms with van der Waals surface area (Å²) >= 11 is 0. The van der Waals surface area contributed by atoms with Gasteiger partial charge in [0.25, 0.3) is 5.56 Å². The van der Waals surface area contributed by atoms with Crippen molar-refractivity contribution in [3.63, 3.8) is 0 Å². The molecule has 0 N–H and O–H groups in total. The Labute approximate surface area is 109 Å². The van der Waals surface area contributed by atoms with Gasteiger partial charge >= 0.3 is 0 Å². The average Bonchev–Trinajstić information content (AvgIpc) is 2.99. The molecule has 0 amide bonds. The zero-order valence-electron chi connectivity index (χ0n) is 10.8. The van der Waals surface area contributed by atoms with E-state index in [0.717, 1.165) is 12.1 Å². The van der Waals surface area contributed by atoms with Gasteiger partial charge in [-0.2, -0.15) is 5.10 Å². The summed E-state index contributed by atoms with van der Waals surface area (Å²) < 4.78 is 5.02. The Morgan fingerprint density at radius 1 is 1.26 bits per heavy atom. The molecule has 0 atom stereocenters. The van der Waals surface area contributed by atoms with E-state index in [1.54, 1.807) is 32.7 Å². The summed E-state index contributed by atoms with van der Waals surface area (Å²) in [6, 6.07) is 0. The third kappa shape index (κ3) is 1.83. The maximum Gasteiger partial charge on any atom is 0.279 e. The van der Waals surface area contributed by atoms with Gasteiger partial charge in [0, 0.05) is 19.8 Å². The summed E-state index contributed by atoms with van der Waals surface area (Å²) in [4.78, 5) is 20.8. The Morgan fingerprint density at radius 2 is 2.05 bits per heavy atom. The lowest BCUT2D eigenvalue weighted by atomic mass is 10.4. The number of hydrogen-bond acceptors (Lipinski definition) is 4. The van der Waals surface area contributed by atoms with Crippen molar-refractivity contribution in [1.82, 2.24) is 28.9 Å². The molecule has 0 aliphatic carbocycles. The molecule has 0 aliphatic rings. The van der Waals surface area contributed by atoms with Crippen LogP contribution in [-0.4, -0.2) is 28.9 Å². The van der Waals surface area contributed by atoms with Gasteiger partial charge in [-0.05, 0) is 6.42 Å². The van der Waals surface area contributed by atoms with Crippen LogP contribution in [0.15, 0.2) is 29.8 Å². The molecule has 3 rings (SSSR count). The molecule has 0 spiro atoms. The molecule has 3 aromatic rings. The van der Waals surface area contributed by atoms with Crippen molar-refractivity contribution in [2.45, 2.75) is 19.9 Å². The van der Waals surface area contributed by atoms with Crippen molar-refractivity contribution in [1.29, 1.82) is 0 Å². The van der Waals surface area contributed by atoms with Crippen LogP contribution in [0.1, 0.15) is 13.3 Å². The van der Waals surface area contributed by atoms with E-state index in [0.29, 0.717) is 17.7 Å². The van der Waals surface area contributed by atoms with Crippen molar-refractivity contribution in [3.05, 3.63) is 35.4 Å². The first-order chi connectivity index (χ1) is 9.20. The molecule has 98 valence electrons. The maximum absolute atomic E-state index is 12.4. The summed E-state index contributed by atoms with van der Waals surface area (Å²) in [6.07, 6.45) is 7.56. The SMILES string of the molecule is CCCn1cnc2ncn(-c3cnn(C)c3)c2c1=O. The Hall–Kier alpha value is -2.44. The highest BCUT2D eigenvalue weighted by atomic mass is 16.1. The Morgan fingerprint density at radius 3 is 2.74 bits per heavy atom. The largest absolute Gasteiger partial charge is 0.297 e.